The summed E-state index contributed by atoms with van der Waals surface area (Å²) in [5, 5.41) is 0. The van der Waals surface area contributed by atoms with Crippen LogP contribution in [0.3, 0.4) is 0 Å². The van der Waals surface area contributed by atoms with Crippen molar-refractivity contribution in [3.8, 4) is 24.2 Å². The Balaban J connectivity index is -0.000000240. The highest BCUT2D eigenvalue weighted by Gasteiger charge is 2.12. The van der Waals surface area contributed by atoms with Crippen molar-refractivity contribution in [1.29, 1.82) is 0 Å². The van der Waals surface area contributed by atoms with Gasteiger partial charge in [-0.25, -0.2) is 0 Å². The quantitative estimate of drug-likeness (QED) is 0.120. The SMILES string of the molecule is C#CCCCC(C)(C)C.C=CCCCC(C)(C)C.CC#CCCC(C)(C)C.CC(C)(C)CCC=C1CC1.CCCCCC(C)(C)C. The van der Waals surface area contributed by atoms with Gasteiger partial charge < -0.3 is 0 Å². The van der Waals surface area contributed by atoms with Crippen LogP contribution in [-0.2, 0) is 0 Å². The molecule has 0 unspecified atom stereocenters. The second-order valence-corrected chi connectivity index (χ2v) is 19.3. The first-order valence-corrected chi connectivity index (χ1v) is 18.9. The predicted octanol–water partition coefficient (Wildman–Crippen LogP) is 16.2. The van der Waals surface area contributed by atoms with Crippen LogP contribution < -0.4 is 0 Å². The third-order valence-electron chi connectivity index (χ3n) is 7.16. The summed E-state index contributed by atoms with van der Waals surface area (Å²) in [5.74, 6) is 8.59. The molecule has 1 aliphatic rings. The van der Waals surface area contributed by atoms with Gasteiger partial charge >= 0.3 is 0 Å². The average Bonchev–Trinajstić information content (AvgIpc) is 3.67. The lowest BCUT2D eigenvalue weighted by Gasteiger charge is -2.16. The van der Waals surface area contributed by atoms with Crippen molar-refractivity contribution in [2.75, 3.05) is 0 Å². The number of hydrogen-bond donors (Lipinski definition) is 0. The summed E-state index contributed by atoms with van der Waals surface area (Å²) < 4.78 is 0. The Labute approximate surface area is 295 Å². The molecule has 0 heterocycles. The number of allylic oxidation sites excluding steroid dienone is 3. The largest absolute Gasteiger partial charge is 0.120 e. The van der Waals surface area contributed by atoms with Gasteiger partial charge in [-0.3, -0.25) is 0 Å². The van der Waals surface area contributed by atoms with E-state index in [-0.39, 0.29) is 0 Å². The van der Waals surface area contributed by atoms with Gasteiger partial charge in [-0.15, -0.1) is 30.8 Å². The molecule has 0 aromatic carbocycles. The van der Waals surface area contributed by atoms with Gasteiger partial charge in [0.25, 0.3) is 0 Å². The lowest BCUT2D eigenvalue weighted by Crippen LogP contribution is -2.03. The van der Waals surface area contributed by atoms with Crippen molar-refractivity contribution in [3.05, 3.63) is 24.3 Å². The third kappa shape index (κ3) is 69.4. The highest BCUT2D eigenvalue weighted by atomic mass is 14.2. The first-order valence-electron chi connectivity index (χ1n) is 18.9. The first-order chi connectivity index (χ1) is 20.8. The molecule has 0 aromatic rings. The van der Waals surface area contributed by atoms with Crippen molar-refractivity contribution in [2.45, 2.75) is 220 Å². The summed E-state index contributed by atoms with van der Waals surface area (Å²) in [6.45, 7) is 41.9. The highest BCUT2D eigenvalue weighted by Crippen LogP contribution is 2.30. The summed E-state index contributed by atoms with van der Waals surface area (Å²) in [4.78, 5) is 0. The fraction of sp³-hybridized carbons (Fsp3) is 0.826. The topological polar surface area (TPSA) is 0 Å². The van der Waals surface area contributed by atoms with Gasteiger partial charge in [-0.05, 0) is 105 Å². The highest BCUT2D eigenvalue weighted by molar-refractivity contribution is 5.15. The van der Waals surface area contributed by atoms with E-state index in [2.05, 4.69) is 141 Å². The molecule has 0 saturated heterocycles. The molecule has 272 valence electrons. The molecule has 46 heavy (non-hydrogen) atoms. The van der Waals surface area contributed by atoms with E-state index in [4.69, 9.17) is 6.42 Å². The predicted molar refractivity (Wildman–Crippen MR) is 217 cm³/mol. The van der Waals surface area contributed by atoms with Crippen LogP contribution in [0.4, 0.5) is 0 Å². The average molecular weight is 641 g/mol. The molecule has 1 rings (SSSR count). The van der Waals surface area contributed by atoms with Crippen LogP contribution in [-0.4, -0.2) is 0 Å². The Hall–Kier alpha value is -1.40. The van der Waals surface area contributed by atoms with Crippen LogP contribution in [0, 0.1) is 51.3 Å². The van der Waals surface area contributed by atoms with Gasteiger partial charge in [-0.1, -0.05) is 148 Å². The molecular formula is C46H88. The van der Waals surface area contributed by atoms with Gasteiger partial charge in [0.15, 0.2) is 0 Å². The molecule has 0 nitrogen and oxygen atoms in total. The minimum absolute atomic E-state index is 0.448. The fourth-order valence-electron chi connectivity index (χ4n) is 3.95. The summed E-state index contributed by atoms with van der Waals surface area (Å²) in [7, 11) is 0. The smallest absolute Gasteiger partial charge is 0.00935 e. The molecule has 0 aliphatic heterocycles. The van der Waals surface area contributed by atoms with Crippen molar-refractivity contribution in [3.63, 3.8) is 0 Å². The minimum atomic E-state index is 0.448. The summed E-state index contributed by atoms with van der Waals surface area (Å²) in [6, 6.07) is 0. The molecule has 0 N–H and O–H groups in total. The molecule has 0 aromatic heterocycles. The Kier molecular flexibility index (Phi) is 32.0. The molecule has 0 atom stereocenters. The molecule has 0 amide bonds. The van der Waals surface area contributed by atoms with E-state index in [1.165, 1.54) is 83.5 Å². The van der Waals surface area contributed by atoms with Crippen LogP contribution in [0.25, 0.3) is 0 Å². The third-order valence-corrected chi connectivity index (χ3v) is 7.16. The lowest BCUT2D eigenvalue weighted by molar-refractivity contribution is 0.359. The van der Waals surface area contributed by atoms with E-state index in [9.17, 15) is 0 Å². The number of terminal acetylenes is 1. The molecule has 0 bridgehead atoms. The summed E-state index contributed by atoms with van der Waals surface area (Å²) >= 11 is 0. The normalized spacial score (nSPS) is 12.5. The van der Waals surface area contributed by atoms with E-state index < -0.39 is 0 Å². The van der Waals surface area contributed by atoms with Crippen LogP contribution in [0.1, 0.15) is 220 Å². The minimum Gasteiger partial charge on any atom is -0.120 e. The second kappa shape index (κ2) is 28.6. The van der Waals surface area contributed by atoms with Gasteiger partial charge in [-0.2, -0.15) is 0 Å². The lowest BCUT2D eigenvalue weighted by atomic mass is 9.90. The second-order valence-electron chi connectivity index (χ2n) is 19.3. The zero-order valence-corrected chi connectivity index (χ0v) is 35.3. The van der Waals surface area contributed by atoms with Crippen LogP contribution in [0.15, 0.2) is 24.3 Å². The van der Waals surface area contributed by atoms with Gasteiger partial charge in [0.1, 0.15) is 0 Å². The van der Waals surface area contributed by atoms with E-state index >= 15 is 0 Å². The molecular weight excluding hydrogens is 553 g/mol. The van der Waals surface area contributed by atoms with Crippen molar-refractivity contribution in [1.82, 2.24) is 0 Å². The standard InChI is InChI=1S/C10H18.C9H20.C9H18.2C9H16/c1-10(2,3)8-4-5-9-6-7-9;4*1-5-6-7-8-9(2,3)4/h5H,4,6-8H2,1-3H3;5-8H2,1-4H3;5H,1,6-8H2,2-4H3;7-8H2,1-4H3;1H,6-8H2,2-4H3. The maximum atomic E-state index is 5.11. The van der Waals surface area contributed by atoms with Crippen molar-refractivity contribution >= 4 is 0 Å². The molecule has 0 heteroatoms. The Bertz CT molecular complexity index is 803. The Morgan fingerprint density at radius 1 is 0.587 bits per heavy atom. The Morgan fingerprint density at radius 3 is 1.37 bits per heavy atom. The maximum absolute atomic E-state index is 5.11. The molecule has 0 spiro atoms. The number of hydrogen-bond acceptors (Lipinski definition) is 0. The van der Waals surface area contributed by atoms with E-state index in [0.717, 1.165) is 19.3 Å². The van der Waals surface area contributed by atoms with E-state index in [0.29, 0.717) is 27.1 Å². The van der Waals surface area contributed by atoms with Crippen LogP contribution in [0.5, 0.6) is 0 Å². The Morgan fingerprint density at radius 2 is 1.02 bits per heavy atom. The molecule has 1 fully saturated rings. The summed E-state index contributed by atoms with van der Waals surface area (Å²) in [5.41, 5.74) is 4.16. The number of rotatable bonds is 11. The molecule has 1 aliphatic carbocycles. The molecule has 0 radical (unpaired) electrons. The van der Waals surface area contributed by atoms with Crippen LogP contribution >= 0.6 is 0 Å². The monoisotopic (exact) mass is 641 g/mol. The first kappa shape index (κ1) is 51.4. The van der Waals surface area contributed by atoms with Gasteiger partial charge in [0.2, 0.25) is 0 Å². The molecule has 1 saturated carbocycles. The van der Waals surface area contributed by atoms with Crippen molar-refractivity contribution in [2.24, 2.45) is 27.1 Å². The van der Waals surface area contributed by atoms with Crippen molar-refractivity contribution < 1.29 is 0 Å². The summed E-state index contributed by atoms with van der Waals surface area (Å²) in [6.07, 6.45) is 29.7. The zero-order valence-electron chi connectivity index (χ0n) is 35.3. The van der Waals surface area contributed by atoms with Gasteiger partial charge in [0.05, 0.1) is 0 Å². The fourth-order valence-corrected chi connectivity index (χ4v) is 3.95. The maximum Gasteiger partial charge on any atom is 0.00935 e. The number of unbranched alkanes of at least 4 members (excludes halogenated alkanes) is 4. The van der Waals surface area contributed by atoms with E-state index in [1.807, 2.05) is 13.0 Å². The van der Waals surface area contributed by atoms with Crippen LogP contribution in [0.2, 0.25) is 0 Å². The zero-order chi connectivity index (χ0) is 36.9. The van der Waals surface area contributed by atoms with E-state index in [1.54, 1.807) is 5.57 Å². The van der Waals surface area contributed by atoms with Gasteiger partial charge in [0, 0.05) is 12.8 Å².